The zero-order valence-corrected chi connectivity index (χ0v) is 12.2. The van der Waals surface area contributed by atoms with E-state index < -0.39 is 5.60 Å². The number of aryl methyl sites for hydroxylation is 1. The van der Waals surface area contributed by atoms with E-state index in [0.717, 1.165) is 25.7 Å². The monoisotopic (exact) mass is 258 g/mol. The maximum Gasteiger partial charge on any atom is 0.0858 e. The molecular formula is C18H26O. The Morgan fingerprint density at radius 1 is 1.26 bits per heavy atom. The van der Waals surface area contributed by atoms with Crippen molar-refractivity contribution in [2.75, 3.05) is 0 Å². The molecule has 1 N–H and O–H groups in total. The van der Waals surface area contributed by atoms with Crippen molar-refractivity contribution in [1.29, 1.82) is 0 Å². The zero-order valence-electron chi connectivity index (χ0n) is 12.2. The van der Waals surface area contributed by atoms with Crippen LogP contribution in [-0.2, 0) is 6.42 Å². The molecule has 0 radical (unpaired) electrons. The van der Waals surface area contributed by atoms with Crippen LogP contribution in [0.15, 0.2) is 43.0 Å². The summed E-state index contributed by atoms with van der Waals surface area (Å²) in [7, 11) is 0. The molecule has 1 aliphatic rings. The SMILES string of the molecule is C=C[C@@]1(O)CCCC(C)(C)[C@@H]1CCc1ccccc1. The first kappa shape index (κ1) is 14.3. The highest BCUT2D eigenvalue weighted by Gasteiger charge is 2.45. The average Bonchev–Trinajstić information content (AvgIpc) is 2.38. The second kappa shape index (κ2) is 5.50. The normalized spacial score (nSPS) is 29.9. The van der Waals surface area contributed by atoms with E-state index >= 15 is 0 Å². The molecule has 1 nitrogen and oxygen atoms in total. The van der Waals surface area contributed by atoms with Crippen LogP contribution in [0.1, 0.15) is 45.1 Å². The summed E-state index contributed by atoms with van der Waals surface area (Å²) in [5.74, 6) is 0.298. The maximum absolute atomic E-state index is 10.8. The molecule has 0 aliphatic heterocycles. The molecule has 1 aliphatic carbocycles. The number of benzene rings is 1. The predicted molar refractivity (Wildman–Crippen MR) is 81.0 cm³/mol. The molecule has 1 aromatic rings. The molecule has 0 aromatic heterocycles. The lowest BCUT2D eigenvalue weighted by Crippen LogP contribution is -2.47. The fourth-order valence-corrected chi connectivity index (χ4v) is 3.69. The van der Waals surface area contributed by atoms with Gasteiger partial charge in [-0.05, 0) is 49.0 Å². The molecule has 0 saturated heterocycles. The highest BCUT2D eigenvalue weighted by Crippen LogP contribution is 2.48. The third kappa shape index (κ3) is 3.09. The second-order valence-electron chi connectivity index (χ2n) is 6.61. The molecule has 19 heavy (non-hydrogen) atoms. The lowest BCUT2D eigenvalue weighted by atomic mass is 9.60. The Kier molecular flexibility index (Phi) is 4.15. The van der Waals surface area contributed by atoms with Gasteiger partial charge in [0, 0.05) is 0 Å². The Hall–Kier alpha value is -1.08. The van der Waals surface area contributed by atoms with Gasteiger partial charge in [0.05, 0.1) is 5.60 Å². The van der Waals surface area contributed by atoms with E-state index in [2.05, 4.69) is 44.7 Å². The largest absolute Gasteiger partial charge is 0.385 e. The van der Waals surface area contributed by atoms with Crippen molar-refractivity contribution in [3.8, 4) is 0 Å². The van der Waals surface area contributed by atoms with Gasteiger partial charge in [0.2, 0.25) is 0 Å². The summed E-state index contributed by atoms with van der Waals surface area (Å²) in [6.45, 7) is 8.45. The summed E-state index contributed by atoms with van der Waals surface area (Å²) in [4.78, 5) is 0. The maximum atomic E-state index is 10.8. The van der Waals surface area contributed by atoms with Crippen LogP contribution in [0.2, 0.25) is 0 Å². The highest BCUT2D eigenvalue weighted by atomic mass is 16.3. The molecule has 0 amide bonds. The Balaban J connectivity index is 2.12. The van der Waals surface area contributed by atoms with E-state index in [1.165, 1.54) is 12.0 Å². The van der Waals surface area contributed by atoms with Crippen molar-refractivity contribution < 1.29 is 5.11 Å². The van der Waals surface area contributed by atoms with Crippen LogP contribution in [0.3, 0.4) is 0 Å². The fourth-order valence-electron chi connectivity index (χ4n) is 3.69. The van der Waals surface area contributed by atoms with E-state index in [4.69, 9.17) is 0 Å². The first-order valence-electron chi connectivity index (χ1n) is 7.38. The minimum atomic E-state index is -0.684. The molecule has 2 rings (SSSR count). The average molecular weight is 258 g/mol. The summed E-state index contributed by atoms with van der Waals surface area (Å²) in [6.07, 6.45) is 6.99. The minimum absolute atomic E-state index is 0.190. The standard InChI is InChI=1S/C18H26O/c1-4-18(19)14-8-13-17(2,3)16(18)12-11-15-9-6-5-7-10-15/h4-7,9-10,16,19H,1,8,11-14H2,2-3H3/t16-,18+/m0/s1. The van der Waals surface area contributed by atoms with Gasteiger partial charge in [0.1, 0.15) is 0 Å². The summed E-state index contributed by atoms with van der Waals surface area (Å²) in [5, 5.41) is 10.8. The topological polar surface area (TPSA) is 20.2 Å². The van der Waals surface area contributed by atoms with Crippen molar-refractivity contribution in [2.24, 2.45) is 11.3 Å². The van der Waals surface area contributed by atoms with Gasteiger partial charge in [-0.3, -0.25) is 0 Å². The van der Waals surface area contributed by atoms with Crippen molar-refractivity contribution in [2.45, 2.75) is 51.6 Å². The van der Waals surface area contributed by atoms with E-state index in [9.17, 15) is 5.11 Å². The van der Waals surface area contributed by atoms with Gasteiger partial charge >= 0.3 is 0 Å². The van der Waals surface area contributed by atoms with E-state index in [0.29, 0.717) is 5.92 Å². The first-order valence-corrected chi connectivity index (χ1v) is 7.38. The number of rotatable bonds is 4. The van der Waals surface area contributed by atoms with Gasteiger partial charge in [-0.1, -0.05) is 50.3 Å². The van der Waals surface area contributed by atoms with Crippen LogP contribution in [0.25, 0.3) is 0 Å². The quantitative estimate of drug-likeness (QED) is 0.795. The Labute approximate surface area is 117 Å². The fraction of sp³-hybridized carbons (Fsp3) is 0.556. The molecule has 104 valence electrons. The molecule has 0 unspecified atom stereocenters. The zero-order chi connectivity index (χ0) is 13.9. The minimum Gasteiger partial charge on any atom is -0.385 e. The van der Waals surface area contributed by atoms with Gasteiger partial charge in [-0.2, -0.15) is 0 Å². The van der Waals surface area contributed by atoms with Gasteiger partial charge in [0.15, 0.2) is 0 Å². The molecule has 1 saturated carbocycles. The first-order chi connectivity index (χ1) is 8.98. The molecular weight excluding hydrogens is 232 g/mol. The number of aliphatic hydroxyl groups is 1. The number of hydrogen-bond acceptors (Lipinski definition) is 1. The summed E-state index contributed by atoms with van der Waals surface area (Å²) in [5.41, 5.74) is 0.863. The Morgan fingerprint density at radius 3 is 2.58 bits per heavy atom. The van der Waals surface area contributed by atoms with Crippen molar-refractivity contribution in [3.63, 3.8) is 0 Å². The van der Waals surface area contributed by atoms with Crippen LogP contribution in [0, 0.1) is 11.3 Å². The van der Waals surface area contributed by atoms with E-state index in [-0.39, 0.29) is 5.41 Å². The van der Waals surface area contributed by atoms with Gasteiger partial charge in [0.25, 0.3) is 0 Å². The third-order valence-corrected chi connectivity index (χ3v) is 4.86. The second-order valence-corrected chi connectivity index (χ2v) is 6.61. The lowest BCUT2D eigenvalue weighted by molar-refractivity contribution is -0.0703. The molecule has 1 fully saturated rings. The molecule has 0 bridgehead atoms. The van der Waals surface area contributed by atoms with Crippen molar-refractivity contribution >= 4 is 0 Å². The lowest BCUT2D eigenvalue weighted by Gasteiger charge is -2.48. The smallest absolute Gasteiger partial charge is 0.0858 e. The number of hydrogen-bond donors (Lipinski definition) is 1. The van der Waals surface area contributed by atoms with Crippen molar-refractivity contribution in [1.82, 2.24) is 0 Å². The molecule has 2 atom stereocenters. The summed E-state index contributed by atoms with van der Waals surface area (Å²) >= 11 is 0. The van der Waals surface area contributed by atoms with Gasteiger partial charge < -0.3 is 5.11 Å². The third-order valence-electron chi connectivity index (χ3n) is 4.86. The Bertz CT molecular complexity index is 421. The van der Waals surface area contributed by atoms with Crippen LogP contribution in [0.4, 0.5) is 0 Å². The van der Waals surface area contributed by atoms with Crippen LogP contribution < -0.4 is 0 Å². The highest BCUT2D eigenvalue weighted by molar-refractivity contribution is 5.16. The predicted octanol–water partition coefficient (Wildman–Crippen LogP) is 4.36. The van der Waals surface area contributed by atoms with Crippen LogP contribution in [0.5, 0.6) is 0 Å². The molecule has 0 heterocycles. The van der Waals surface area contributed by atoms with Crippen molar-refractivity contribution in [3.05, 3.63) is 48.6 Å². The van der Waals surface area contributed by atoms with E-state index in [1.54, 1.807) is 6.08 Å². The molecule has 1 aromatic carbocycles. The van der Waals surface area contributed by atoms with Gasteiger partial charge in [-0.15, -0.1) is 6.58 Å². The van der Waals surface area contributed by atoms with Crippen LogP contribution in [-0.4, -0.2) is 10.7 Å². The molecule has 0 spiro atoms. The Morgan fingerprint density at radius 2 is 1.95 bits per heavy atom. The summed E-state index contributed by atoms with van der Waals surface area (Å²) in [6, 6.07) is 10.6. The summed E-state index contributed by atoms with van der Waals surface area (Å²) < 4.78 is 0. The van der Waals surface area contributed by atoms with Gasteiger partial charge in [-0.25, -0.2) is 0 Å². The van der Waals surface area contributed by atoms with E-state index in [1.807, 2.05) is 6.07 Å². The molecule has 1 heteroatoms. The van der Waals surface area contributed by atoms with Crippen LogP contribution >= 0.6 is 0 Å².